The van der Waals surface area contributed by atoms with Crippen molar-refractivity contribution in [2.75, 3.05) is 25.0 Å². The van der Waals surface area contributed by atoms with Crippen LogP contribution in [-0.4, -0.2) is 44.9 Å². The topological polar surface area (TPSA) is 78.5 Å². The molecule has 0 aliphatic carbocycles. The molecule has 0 radical (unpaired) electrons. The Bertz CT molecular complexity index is 1030. The van der Waals surface area contributed by atoms with E-state index in [4.69, 9.17) is 23.2 Å². The Balaban J connectivity index is 1.57. The van der Waals surface area contributed by atoms with Crippen molar-refractivity contribution in [1.82, 2.24) is 9.62 Å². The van der Waals surface area contributed by atoms with Gasteiger partial charge in [0.15, 0.2) is 0 Å². The third-order valence-corrected chi connectivity index (χ3v) is 7.56. The van der Waals surface area contributed by atoms with Gasteiger partial charge in [0, 0.05) is 18.1 Å². The van der Waals surface area contributed by atoms with E-state index in [1.165, 1.54) is 0 Å². The van der Waals surface area contributed by atoms with Gasteiger partial charge in [0.2, 0.25) is 15.9 Å². The minimum atomic E-state index is -3.55. The Morgan fingerprint density at radius 3 is 2.61 bits per heavy atom. The summed E-state index contributed by atoms with van der Waals surface area (Å²) in [7, 11) is -3.55. The van der Waals surface area contributed by atoms with Crippen LogP contribution in [0.3, 0.4) is 0 Å². The number of amides is 1. The molecule has 2 unspecified atom stereocenters. The molecule has 1 heterocycles. The summed E-state index contributed by atoms with van der Waals surface area (Å²) in [5.41, 5.74) is 1.48. The molecule has 0 aromatic heterocycles. The maximum absolute atomic E-state index is 12.7. The number of carbonyl (C=O) groups excluding carboxylic acids is 1. The molecule has 1 fully saturated rings. The summed E-state index contributed by atoms with van der Waals surface area (Å²) in [6.45, 7) is 5.50. The average molecular weight is 484 g/mol. The fourth-order valence-corrected chi connectivity index (χ4v) is 5.09. The number of anilines is 1. The fourth-order valence-electron chi connectivity index (χ4n) is 3.64. The summed E-state index contributed by atoms with van der Waals surface area (Å²) in [5.74, 6) is -0.0518. The van der Waals surface area contributed by atoms with Gasteiger partial charge in [0.1, 0.15) is 0 Å². The number of nitrogens with zero attached hydrogens (tertiary/aromatic N) is 1. The smallest absolute Gasteiger partial charge is 0.241 e. The van der Waals surface area contributed by atoms with Crippen LogP contribution in [0.25, 0.3) is 0 Å². The SMILES string of the molecule is Cc1ccc(S(=O)(=O)NCC2CCCN(C(C)C(=O)Nc3cc(Cl)ccc3Cl)C2)cc1. The van der Waals surface area contributed by atoms with Gasteiger partial charge in [-0.3, -0.25) is 9.69 Å². The van der Waals surface area contributed by atoms with Crippen molar-refractivity contribution >= 4 is 44.8 Å². The van der Waals surface area contributed by atoms with Crippen LogP contribution in [-0.2, 0) is 14.8 Å². The van der Waals surface area contributed by atoms with E-state index in [1.54, 1.807) is 42.5 Å². The minimum Gasteiger partial charge on any atom is -0.323 e. The fraction of sp³-hybridized carbons (Fsp3) is 0.409. The number of nitrogens with one attached hydrogen (secondary N) is 2. The third kappa shape index (κ3) is 6.43. The molecule has 0 bridgehead atoms. The van der Waals surface area contributed by atoms with Crippen molar-refractivity contribution in [3.05, 3.63) is 58.1 Å². The Kier molecular flexibility index (Phi) is 7.99. The van der Waals surface area contributed by atoms with Gasteiger partial charge in [-0.05, 0) is 69.5 Å². The second-order valence-electron chi connectivity index (χ2n) is 7.96. The monoisotopic (exact) mass is 483 g/mol. The highest BCUT2D eigenvalue weighted by Gasteiger charge is 2.28. The number of sulfonamides is 1. The molecule has 2 aromatic rings. The lowest BCUT2D eigenvalue weighted by atomic mass is 9.97. The normalized spacial score (nSPS) is 18.5. The summed E-state index contributed by atoms with van der Waals surface area (Å²) in [6.07, 6.45) is 1.80. The zero-order valence-electron chi connectivity index (χ0n) is 17.6. The number of hydrogen-bond acceptors (Lipinski definition) is 4. The number of likely N-dealkylation sites (tertiary alicyclic amines) is 1. The zero-order valence-corrected chi connectivity index (χ0v) is 19.9. The van der Waals surface area contributed by atoms with Gasteiger partial charge in [-0.15, -0.1) is 0 Å². The largest absolute Gasteiger partial charge is 0.323 e. The molecular formula is C22H27Cl2N3O3S. The van der Waals surface area contributed by atoms with Crippen molar-refractivity contribution in [1.29, 1.82) is 0 Å². The van der Waals surface area contributed by atoms with Crippen molar-refractivity contribution < 1.29 is 13.2 Å². The van der Waals surface area contributed by atoms with E-state index < -0.39 is 10.0 Å². The van der Waals surface area contributed by atoms with E-state index in [-0.39, 0.29) is 22.8 Å². The zero-order chi connectivity index (χ0) is 22.6. The van der Waals surface area contributed by atoms with Gasteiger partial charge < -0.3 is 5.32 Å². The number of hydrogen-bond donors (Lipinski definition) is 2. The molecular weight excluding hydrogens is 457 g/mol. The first kappa shape index (κ1) is 24.0. The van der Waals surface area contributed by atoms with Gasteiger partial charge in [0.25, 0.3) is 0 Å². The predicted molar refractivity (Wildman–Crippen MR) is 125 cm³/mol. The van der Waals surface area contributed by atoms with Gasteiger partial charge in [-0.2, -0.15) is 0 Å². The molecule has 2 aromatic carbocycles. The lowest BCUT2D eigenvalue weighted by molar-refractivity contribution is -0.121. The van der Waals surface area contributed by atoms with E-state index in [1.807, 2.05) is 13.8 Å². The maximum atomic E-state index is 12.7. The number of aryl methyl sites for hydroxylation is 1. The van der Waals surface area contributed by atoms with Gasteiger partial charge in [-0.25, -0.2) is 13.1 Å². The van der Waals surface area contributed by atoms with Crippen LogP contribution in [0.2, 0.25) is 10.0 Å². The summed E-state index contributed by atoms with van der Waals surface area (Å²) in [4.78, 5) is 15.1. The van der Waals surface area contributed by atoms with E-state index in [0.717, 1.165) is 24.9 Å². The summed E-state index contributed by atoms with van der Waals surface area (Å²) in [5, 5.41) is 3.75. The summed E-state index contributed by atoms with van der Waals surface area (Å²) in [6, 6.07) is 11.3. The van der Waals surface area contributed by atoms with Crippen molar-refractivity contribution in [3.63, 3.8) is 0 Å². The first-order chi connectivity index (χ1) is 14.7. The summed E-state index contributed by atoms with van der Waals surface area (Å²) < 4.78 is 27.8. The van der Waals surface area contributed by atoms with Crippen molar-refractivity contribution in [3.8, 4) is 0 Å². The molecule has 6 nitrogen and oxygen atoms in total. The quantitative estimate of drug-likeness (QED) is 0.614. The van der Waals surface area contributed by atoms with Crippen LogP contribution in [0.15, 0.2) is 47.4 Å². The molecule has 2 atom stereocenters. The van der Waals surface area contributed by atoms with Crippen LogP contribution >= 0.6 is 23.2 Å². The molecule has 2 N–H and O–H groups in total. The number of rotatable bonds is 7. The predicted octanol–water partition coefficient (Wildman–Crippen LogP) is 4.32. The first-order valence-corrected chi connectivity index (χ1v) is 12.5. The third-order valence-electron chi connectivity index (χ3n) is 5.56. The van der Waals surface area contributed by atoms with E-state index in [2.05, 4.69) is 14.9 Å². The van der Waals surface area contributed by atoms with E-state index in [9.17, 15) is 13.2 Å². The summed E-state index contributed by atoms with van der Waals surface area (Å²) >= 11 is 12.1. The highest BCUT2D eigenvalue weighted by molar-refractivity contribution is 7.89. The number of halogens is 2. The molecule has 0 spiro atoms. The minimum absolute atomic E-state index is 0.124. The number of piperidine rings is 1. The Morgan fingerprint density at radius 1 is 1.19 bits per heavy atom. The van der Waals surface area contributed by atoms with Crippen LogP contribution < -0.4 is 10.0 Å². The highest BCUT2D eigenvalue weighted by atomic mass is 35.5. The lowest BCUT2D eigenvalue weighted by Crippen LogP contribution is -2.49. The maximum Gasteiger partial charge on any atom is 0.241 e. The highest BCUT2D eigenvalue weighted by Crippen LogP contribution is 2.26. The van der Waals surface area contributed by atoms with Crippen LogP contribution in [0.5, 0.6) is 0 Å². The van der Waals surface area contributed by atoms with Crippen LogP contribution in [0.1, 0.15) is 25.3 Å². The standard InChI is InChI=1S/C22H27Cl2N3O3S/c1-15-5-8-19(9-6-15)31(29,30)25-13-17-4-3-11-27(14-17)16(2)22(28)26-21-12-18(23)7-10-20(21)24/h5-10,12,16-17,25H,3-4,11,13-14H2,1-2H3,(H,26,28). The van der Waals surface area contributed by atoms with Crippen LogP contribution in [0.4, 0.5) is 5.69 Å². The molecule has 1 aliphatic rings. The number of carbonyl (C=O) groups is 1. The van der Waals surface area contributed by atoms with E-state index in [0.29, 0.717) is 28.8 Å². The second kappa shape index (κ2) is 10.3. The molecule has 3 rings (SSSR count). The van der Waals surface area contributed by atoms with Gasteiger partial charge in [-0.1, -0.05) is 40.9 Å². The molecule has 1 aliphatic heterocycles. The van der Waals surface area contributed by atoms with Gasteiger partial charge in [0.05, 0.1) is 21.6 Å². The first-order valence-electron chi connectivity index (χ1n) is 10.2. The molecule has 9 heteroatoms. The number of benzene rings is 2. The van der Waals surface area contributed by atoms with E-state index >= 15 is 0 Å². The van der Waals surface area contributed by atoms with Crippen molar-refractivity contribution in [2.45, 2.75) is 37.6 Å². The average Bonchev–Trinajstić information content (AvgIpc) is 2.75. The molecule has 1 amide bonds. The second-order valence-corrected chi connectivity index (χ2v) is 10.6. The Labute approximate surface area is 194 Å². The van der Waals surface area contributed by atoms with Crippen molar-refractivity contribution in [2.24, 2.45) is 5.92 Å². The van der Waals surface area contributed by atoms with Gasteiger partial charge >= 0.3 is 0 Å². The Hall–Kier alpha value is -1.64. The lowest BCUT2D eigenvalue weighted by Gasteiger charge is -2.36. The molecule has 0 saturated carbocycles. The molecule has 1 saturated heterocycles. The Morgan fingerprint density at radius 2 is 1.90 bits per heavy atom. The molecule has 31 heavy (non-hydrogen) atoms. The van der Waals surface area contributed by atoms with Crippen LogP contribution in [0, 0.1) is 12.8 Å². The molecule has 168 valence electrons.